The molecule has 7 heteroatoms. The molecule has 0 N–H and O–H groups in total. The van der Waals surface area contributed by atoms with E-state index in [4.69, 9.17) is 19.4 Å². The highest BCUT2D eigenvalue weighted by Crippen LogP contribution is 2.77. The Morgan fingerprint density at radius 2 is 1.68 bits per heavy atom. The number of aryl methyl sites for hydroxylation is 3. The van der Waals surface area contributed by atoms with Gasteiger partial charge in [0.2, 0.25) is 0 Å². The molecule has 4 atom stereocenters. The molecule has 7 nitrogen and oxygen atoms in total. The monoisotopic (exact) mass is 594 g/mol. The van der Waals surface area contributed by atoms with Gasteiger partial charge in [-0.05, 0) is 86.6 Å². The number of hydrogen-bond acceptors (Lipinski definition) is 7. The number of Topliss-reactive ketones (excluding diaryl/α,β-unsaturated/α-hetero) is 1. The van der Waals surface area contributed by atoms with Crippen molar-refractivity contribution in [3.63, 3.8) is 0 Å². The van der Waals surface area contributed by atoms with Gasteiger partial charge in [-0.15, -0.1) is 0 Å². The number of carbonyl (C=O) groups is 1. The predicted molar refractivity (Wildman–Crippen MR) is 173 cm³/mol. The summed E-state index contributed by atoms with van der Waals surface area (Å²) in [4.78, 5) is 27.0. The molecule has 2 heterocycles. The standard InChI is InChI=1S/C37H46N4O3/c1-24-6-8-27(9-7-24)23-44-29-11-13-31-28(20-29)10-12-32-33(31)38-26(3)39-35(32)41-16-14-40(15-17-41)18-19-43-30-21-36(4)34(25(2)42)37(36,5)22-30/h6-9,11,13,20,30,34H,10,12,14-19,21-23H2,1-5H3/t30?,34?,36-,37+. The van der Waals surface area contributed by atoms with Crippen LogP contribution in [0.4, 0.5) is 5.82 Å². The van der Waals surface area contributed by atoms with Gasteiger partial charge in [-0.25, -0.2) is 9.97 Å². The van der Waals surface area contributed by atoms with E-state index in [1.165, 1.54) is 27.8 Å². The van der Waals surface area contributed by atoms with Crippen LogP contribution in [-0.2, 0) is 29.0 Å². The van der Waals surface area contributed by atoms with E-state index in [0.717, 1.165) is 88.1 Å². The van der Waals surface area contributed by atoms with Crippen molar-refractivity contribution in [2.24, 2.45) is 16.7 Å². The first kappa shape index (κ1) is 29.4. The first-order valence-corrected chi connectivity index (χ1v) is 16.4. The number of nitrogens with zero attached hydrogens (tertiary/aromatic N) is 4. The number of ether oxygens (including phenoxy) is 2. The average Bonchev–Trinajstić information content (AvgIpc) is 3.35. The van der Waals surface area contributed by atoms with Crippen LogP contribution in [-0.4, -0.2) is 66.1 Å². The fourth-order valence-electron chi connectivity index (χ4n) is 8.73. The summed E-state index contributed by atoms with van der Waals surface area (Å²) < 4.78 is 12.5. The number of ketones is 1. The Labute approximate surface area is 262 Å². The second-order valence-corrected chi connectivity index (χ2v) is 14.1. The Morgan fingerprint density at radius 3 is 2.39 bits per heavy atom. The summed E-state index contributed by atoms with van der Waals surface area (Å²) in [6.07, 6.45) is 4.23. The number of benzene rings is 2. The number of fused-ring (bicyclic) bond motifs is 4. The summed E-state index contributed by atoms with van der Waals surface area (Å²) >= 11 is 0. The minimum absolute atomic E-state index is 0.141. The van der Waals surface area contributed by atoms with Gasteiger partial charge in [0.1, 0.15) is 29.8 Å². The molecule has 3 aliphatic carbocycles. The van der Waals surface area contributed by atoms with Gasteiger partial charge in [0, 0.05) is 49.8 Å². The summed E-state index contributed by atoms with van der Waals surface area (Å²) in [7, 11) is 0. The molecule has 0 radical (unpaired) electrons. The molecule has 44 heavy (non-hydrogen) atoms. The number of aromatic nitrogens is 2. The second kappa shape index (κ2) is 11.3. The van der Waals surface area contributed by atoms with Crippen LogP contribution in [0.5, 0.6) is 5.75 Å². The highest BCUT2D eigenvalue weighted by Gasteiger charge is 2.76. The summed E-state index contributed by atoms with van der Waals surface area (Å²) in [5.74, 6) is 3.43. The van der Waals surface area contributed by atoms with Crippen molar-refractivity contribution in [2.45, 2.75) is 73.0 Å². The van der Waals surface area contributed by atoms with Crippen molar-refractivity contribution in [3.8, 4) is 17.0 Å². The maximum Gasteiger partial charge on any atom is 0.136 e. The lowest BCUT2D eigenvalue weighted by atomic mass is 9.88. The van der Waals surface area contributed by atoms with Crippen molar-refractivity contribution in [2.75, 3.05) is 44.2 Å². The molecule has 0 spiro atoms. The van der Waals surface area contributed by atoms with Crippen molar-refractivity contribution >= 4 is 11.6 Å². The second-order valence-electron chi connectivity index (χ2n) is 14.1. The van der Waals surface area contributed by atoms with Crippen LogP contribution >= 0.6 is 0 Å². The third-order valence-corrected chi connectivity index (χ3v) is 11.2. The fraction of sp³-hybridized carbons (Fsp3) is 0.541. The molecule has 2 unspecified atom stereocenters. The lowest BCUT2D eigenvalue weighted by Crippen LogP contribution is -2.48. The number of piperazine rings is 1. The first-order chi connectivity index (χ1) is 21.1. The fourth-order valence-corrected chi connectivity index (χ4v) is 8.73. The molecular weight excluding hydrogens is 548 g/mol. The van der Waals surface area contributed by atoms with Crippen LogP contribution in [0.15, 0.2) is 42.5 Å². The molecule has 0 bridgehead atoms. The highest BCUT2D eigenvalue weighted by molar-refractivity contribution is 5.84. The third kappa shape index (κ3) is 5.22. The van der Waals surface area contributed by atoms with E-state index < -0.39 is 0 Å². The minimum atomic E-state index is 0.141. The van der Waals surface area contributed by atoms with Crippen molar-refractivity contribution in [3.05, 3.63) is 70.5 Å². The van der Waals surface area contributed by atoms with E-state index in [1.54, 1.807) is 6.92 Å². The number of carbonyl (C=O) groups excluding carboxylic acids is 1. The van der Waals surface area contributed by atoms with Crippen LogP contribution in [0.1, 0.15) is 61.7 Å². The van der Waals surface area contributed by atoms with Gasteiger partial charge in [0.25, 0.3) is 0 Å². The minimum Gasteiger partial charge on any atom is -0.489 e. The van der Waals surface area contributed by atoms with Gasteiger partial charge in [-0.3, -0.25) is 9.69 Å². The highest BCUT2D eigenvalue weighted by atomic mass is 16.5. The zero-order valence-corrected chi connectivity index (χ0v) is 27.0. The van der Waals surface area contributed by atoms with Crippen molar-refractivity contribution in [1.82, 2.24) is 14.9 Å². The van der Waals surface area contributed by atoms with Gasteiger partial charge in [-0.1, -0.05) is 43.7 Å². The van der Waals surface area contributed by atoms with Crippen LogP contribution in [0, 0.1) is 30.6 Å². The molecule has 2 aromatic carbocycles. The van der Waals surface area contributed by atoms with Gasteiger partial charge in [0.15, 0.2) is 0 Å². The van der Waals surface area contributed by atoms with Gasteiger partial charge < -0.3 is 14.4 Å². The molecule has 2 saturated carbocycles. The van der Waals surface area contributed by atoms with E-state index in [2.05, 4.69) is 73.0 Å². The summed E-state index contributed by atoms with van der Waals surface area (Å²) in [6.45, 7) is 16.7. The number of anilines is 1. The molecule has 3 fully saturated rings. The van der Waals surface area contributed by atoms with Crippen LogP contribution in [0.3, 0.4) is 0 Å². The van der Waals surface area contributed by atoms with Crippen molar-refractivity contribution in [1.29, 1.82) is 0 Å². The van der Waals surface area contributed by atoms with Crippen molar-refractivity contribution < 1.29 is 14.3 Å². The molecule has 7 rings (SSSR count). The molecule has 232 valence electrons. The maximum absolute atomic E-state index is 12.1. The molecule has 1 aromatic heterocycles. The zero-order valence-electron chi connectivity index (χ0n) is 27.0. The lowest BCUT2D eigenvalue weighted by molar-refractivity contribution is -0.120. The molecule has 4 aliphatic rings. The summed E-state index contributed by atoms with van der Waals surface area (Å²) in [5.41, 5.74) is 7.58. The Balaban J connectivity index is 0.946. The van der Waals surface area contributed by atoms with E-state index in [-0.39, 0.29) is 22.9 Å². The molecule has 3 aromatic rings. The van der Waals surface area contributed by atoms with E-state index in [0.29, 0.717) is 12.4 Å². The average molecular weight is 595 g/mol. The van der Waals surface area contributed by atoms with E-state index in [1.807, 2.05) is 6.92 Å². The third-order valence-electron chi connectivity index (χ3n) is 11.2. The lowest BCUT2D eigenvalue weighted by Gasteiger charge is -2.37. The van der Waals surface area contributed by atoms with Gasteiger partial charge >= 0.3 is 0 Å². The summed E-state index contributed by atoms with van der Waals surface area (Å²) in [5, 5.41) is 0. The normalized spacial score (nSPS) is 27.4. The quantitative estimate of drug-likeness (QED) is 0.302. The van der Waals surface area contributed by atoms with Crippen LogP contribution in [0.25, 0.3) is 11.3 Å². The largest absolute Gasteiger partial charge is 0.489 e. The smallest absolute Gasteiger partial charge is 0.136 e. The SMILES string of the molecule is CC(=O)C1[C@]2(C)CC(OCCN3CCN(c4nc(C)nc5c4CCc4cc(OCc6ccc(C)cc6)ccc4-5)CC3)C[C@]12C. The number of hydrogen-bond donors (Lipinski definition) is 0. The molecule has 1 saturated heterocycles. The Bertz CT molecular complexity index is 1550. The Kier molecular flexibility index (Phi) is 7.53. The van der Waals surface area contributed by atoms with E-state index in [9.17, 15) is 4.79 Å². The number of rotatable bonds is 9. The topological polar surface area (TPSA) is 67.8 Å². The Morgan fingerprint density at radius 1 is 0.955 bits per heavy atom. The molecular formula is C37H46N4O3. The first-order valence-electron chi connectivity index (χ1n) is 16.4. The maximum atomic E-state index is 12.1. The van der Waals surface area contributed by atoms with Crippen LogP contribution < -0.4 is 9.64 Å². The van der Waals surface area contributed by atoms with Gasteiger partial charge in [-0.2, -0.15) is 0 Å². The zero-order chi connectivity index (χ0) is 30.6. The van der Waals surface area contributed by atoms with E-state index >= 15 is 0 Å². The summed E-state index contributed by atoms with van der Waals surface area (Å²) in [6, 6.07) is 15.0. The predicted octanol–water partition coefficient (Wildman–Crippen LogP) is 5.97. The molecule has 1 aliphatic heterocycles. The molecule has 0 amide bonds. The van der Waals surface area contributed by atoms with Gasteiger partial charge in [0.05, 0.1) is 18.4 Å². The van der Waals surface area contributed by atoms with Crippen LogP contribution in [0.2, 0.25) is 0 Å². The Hall–Kier alpha value is -3.29.